The van der Waals surface area contributed by atoms with Crippen molar-refractivity contribution in [2.75, 3.05) is 0 Å². The molecular formula is C9H9BrO. The van der Waals surface area contributed by atoms with Crippen molar-refractivity contribution in [3.8, 4) is 0 Å². The number of rotatable bonds is 1. The summed E-state index contributed by atoms with van der Waals surface area (Å²) < 4.78 is 1.01. The first kappa shape index (κ1) is 8.47. The van der Waals surface area contributed by atoms with E-state index in [0.717, 1.165) is 16.5 Å². The molecule has 0 aromatic carbocycles. The Morgan fingerprint density at radius 3 is 2.91 bits per heavy atom. The van der Waals surface area contributed by atoms with Crippen LogP contribution in [0.25, 0.3) is 0 Å². The molecular weight excluding hydrogens is 204 g/mol. The van der Waals surface area contributed by atoms with Crippen LogP contribution in [0.5, 0.6) is 0 Å². The zero-order valence-corrected chi connectivity index (χ0v) is 7.89. The second-order valence-electron chi connectivity index (χ2n) is 2.41. The van der Waals surface area contributed by atoms with Crippen LogP contribution < -0.4 is 0 Å². The number of Topliss-reactive ketones (excluding diaryl/α,β-unsaturated/α-hetero) is 1. The van der Waals surface area contributed by atoms with Crippen LogP contribution >= 0.6 is 15.9 Å². The fourth-order valence-electron chi connectivity index (χ4n) is 0.863. The van der Waals surface area contributed by atoms with Gasteiger partial charge >= 0.3 is 0 Å². The number of ketones is 1. The van der Waals surface area contributed by atoms with Crippen LogP contribution in [0, 0.1) is 0 Å². The van der Waals surface area contributed by atoms with Gasteiger partial charge in [0.2, 0.25) is 0 Å². The quantitative estimate of drug-likeness (QED) is 0.654. The largest absolute Gasteiger partial charge is 0.295 e. The maximum Gasteiger partial charge on any atom is 0.156 e. The smallest absolute Gasteiger partial charge is 0.156 e. The molecule has 1 aliphatic rings. The van der Waals surface area contributed by atoms with Gasteiger partial charge in [-0.3, -0.25) is 4.79 Å². The zero-order chi connectivity index (χ0) is 8.27. The van der Waals surface area contributed by atoms with Crippen LogP contribution in [0.1, 0.15) is 13.3 Å². The number of allylic oxidation sites excluding steroid dienone is 6. The van der Waals surface area contributed by atoms with Crippen molar-refractivity contribution in [3.63, 3.8) is 0 Å². The van der Waals surface area contributed by atoms with Crippen molar-refractivity contribution in [2.24, 2.45) is 0 Å². The second-order valence-corrected chi connectivity index (χ2v) is 3.32. The molecule has 0 saturated carbocycles. The summed E-state index contributed by atoms with van der Waals surface area (Å²) in [6, 6.07) is 0. The summed E-state index contributed by atoms with van der Waals surface area (Å²) in [7, 11) is 0. The standard InChI is InChI=1S/C9H9BrO/c1-7(11)8-3-2-4-9(10)6-5-8/h2,4-6H,3H2,1H3. The Balaban J connectivity index is 2.86. The van der Waals surface area contributed by atoms with E-state index in [2.05, 4.69) is 15.9 Å². The number of carbonyl (C=O) groups excluding carboxylic acids is 1. The molecule has 1 aliphatic carbocycles. The molecule has 1 nitrogen and oxygen atoms in total. The van der Waals surface area contributed by atoms with Gasteiger partial charge in [0, 0.05) is 4.48 Å². The summed E-state index contributed by atoms with van der Waals surface area (Å²) in [6.07, 6.45) is 8.40. The first-order valence-corrected chi connectivity index (χ1v) is 4.23. The van der Waals surface area contributed by atoms with Crippen LogP contribution in [0.4, 0.5) is 0 Å². The highest BCUT2D eigenvalue weighted by Crippen LogP contribution is 2.15. The lowest BCUT2D eigenvalue weighted by Crippen LogP contribution is -1.93. The highest BCUT2D eigenvalue weighted by Gasteiger charge is 2.01. The fraction of sp³-hybridized carbons (Fsp3) is 0.222. The van der Waals surface area contributed by atoms with Crippen LogP contribution in [-0.4, -0.2) is 5.78 Å². The van der Waals surface area contributed by atoms with Gasteiger partial charge in [-0.05, 0) is 25.0 Å². The monoisotopic (exact) mass is 212 g/mol. The SMILES string of the molecule is CC(=O)C1=CC=C(Br)C=CC1. The molecule has 0 spiro atoms. The highest BCUT2D eigenvalue weighted by atomic mass is 79.9. The molecule has 0 saturated heterocycles. The maximum absolute atomic E-state index is 10.9. The summed E-state index contributed by atoms with van der Waals surface area (Å²) >= 11 is 3.33. The Kier molecular flexibility index (Phi) is 2.83. The van der Waals surface area contributed by atoms with Gasteiger partial charge in [-0.1, -0.05) is 34.2 Å². The molecule has 0 N–H and O–H groups in total. The third-order valence-electron chi connectivity index (χ3n) is 1.51. The Hall–Kier alpha value is -0.630. The molecule has 1 rings (SSSR count). The second kappa shape index (κ2) is 3.67. The van der Waals surface area contributed by atoms with Crippen molar-refractivity contribution in [1.82, 2.24) is 0 Å². The van der Waals surface area contributed by atoms with Crippen LogP contribution in [-0.2, 0) is 4.79 Å². The molecule has 0 bridgehead atoms. The van der Waals surface area contributed by atoms with Crippen molar-refractivity contribution in [3.05, 3.63) is 34.4 Å². The lowest BCUT2D eigenvalue weighted by atomic mass is 10.1. The van der Waals surface area contributed by atoms with E-state index in [4.69, 9.17) is 0 Å². The lowest BCUT2D eigenvalue weighted by molar-refractivity contribution is -0.113. The molecule has 0 fully saturated rings. The van der Waals surface area contributed by atoms with E-state index in [-0.39, 0.29) is 5.78 Å². The first-order chi connectivity index (χ1) is 5.20. The van der Waals surface area contributed by atoms with E-state index >= 15 is 0 Å². The van der Waals surface area contributed by atoms with Crippen molar-refractivity contribution in [2.45, 2.75) is 13.3 Å². The minimum absolute atomic E-state index is 0.146. The third-order valence-corrected chi connectivity index (χ3v) is 2.04. The Morgan fingerprint density at radius 2 is 2.27 bits per heavy atom. The average molecular weight is 213 g/mol. The zero-order valence-electron chi connectivity index (χ0n) is 6.30. The van der Waals surface area contributed by atoms with E-state index < -0.39 is 0 Å². The number of hydrogen-bond acceptors (Lipinski definition) is 1. The topological polar surface area (TPSA) is 17.1 Å². The molecule has 0 radical (unpaired) electrons. The third kappa shape index (κ3) is 2.46. The van der Waals surface area contributed by atoms with E-state index in [9.17, 15) is 4.79 Å². The summed E-state index contributed by atoms with van der Waals surface area (Å²) in [4.78, 5) is 10.9. The van der Waals surface area contributed by atoms with Crippen LogP contribution in [0.2, 0.25) is 0 Å². The highest BCUT2D eigenvalue weighted by molar-refractivity contribution is 9.11. The first-order valence-electron chi connectivity index (χ1n) is 3.44. The maximum atomic E-state index is 10.9. The summed E-state index contributed by atoms with van der Waals surface area (Å²) in [5.41, 5.74) is 0.857. The van der Waals surface area contributed by atoms with Gasteiger partial charge in [0.05, 0.1) is 0 Å². The number of hydrogen-bond donors (Lipinski definition) is 0. The van der Waals surface area contributed by atoms with Gasteiger partial charge in [-0.2, -0.15) is 0 Å². The normalized spacial score (nSPS) is 16.9. The fourth-order valence-corrected chi connectivity index (χ4v) is 1.18. The lowest BCUT2D eigenvalue weighted by Gasteiger charge is -1.93. The van der Waals surface area contributed by atoms with Crippen LogP contribution in [0.15, 0.2) is 34.4 Å². The van der Waals surface area contributed by atoms with Crippen molar-refractivity contribution < 1.29 is 4.79 Å². The number of carbonyl (C=O) groups is 1. The van der Waals surface area contributed by atoms with E-state index in [0.29, 0.717) is 0 Å². The van der Waals surface area contributed by atoms with Crippen molar-refractivity contribution >= 4 is 21.7 Å². The summed E-state index contributed by atoms with van der Waals surface area (Å²) in [6.45, 7) is 1.59. The molecule has 0 aromatic rings. The van der Waals surface area contributed by atoms with Gasteiger partial charge < -0.3 is 0 Å². The Morgan fingerprint density at radius 1 is 1.55 bits per heavy atom. The van der Waals surface area contributed by atoms with Crippen LogP contribution in [0.3, 0.4) is 0 Å². The average Bonchev–Trinajstić information content (AvgIpc) is 2.13. The molecule has 0 unspecified atom stereocenters. The molecule has 0 heterocycles. The molecule has 0 aliphatic heterocycles. The minimum atomic E-state index is 0.146. The molecule has 2 heteroatoms. The predicted molar refractivity (Wildman–Crippen MR) is 49.5 cm³/mol. The predicted octanol–water partition coefficient (Wildman–Crippen LogP) is 2.74. The van der Waals surface area contributed by atoms with Gasteiger partial charge in [0.1, 0.15) is 0 Å². The van der Waals surface area contributed by atoms with Gasteiger partial charge in [0.15, 0.2) is 5.78 Å². The molecule has 0 amide bonds. The van der Waals surface area contributed by atoms with Gasteiger partial charge in [-0.25, -0.2) is 0 Å². The molecule has 0 aromatic heterocycles. The van der Waals surface area contributed by atoms with Gasteiger partial charge in [0.25, 0.3) is 0 Å². The van der Waals surface area contributed by atoms with E-state index in [1.807, 2.05) is 24.3 Å². The minimum Gasteiger partial charge on any atom is -0.295 e. The van der Waals surface area contributed by atoms with E-state index in [1.165, 1.54) is 0 Å². The Labute approximate surface area is 74.6 Å². The Bertz CT molecular complexity index is 259. The summed E-state index contributed by atoms with van der Waals surface area (Å²) in [5.74, 6) is 0.146. The van der Waals surface area contributed by atoms with Crippen molar-refractivity contribution in [1.29, 1.82) is 0 Å². The molecule has 0 atom stereocenters. The van der Waals surface area contributed by atoms with Gasteiger partial charge in [-0.15, -0.1) is 0 Å². The molecule has 58 valence electrons. The summed E-state index contributed by atoms with van der Waals surface area (Å²) in [5, 5.41) is 0. The molecule has 11 heavy (non-hydrogen) atoms. The van der Waals surface area contributed by atoms with E-state index in [1.54, 1.807) is 6.92 Å². The number of halogens is 1.